The van der Waals surface area contributed by atoms with E-state index >= 15 is 0 Å². The molecule has 76 valence electrons. The van der Waals surface area contributed by atoms with Crippen molar-refractivity contribution in [2.24, 2.45) is 15.4 Å². The van der Waals surface area contributed by atoms with Crippen LogP contribution >= 0.6 is 0 Å². The molecule has 0 spiro atoms. The molecule has 1 heterocycles. The zero-order valence-corrected chi connectivity index (χ0v) is 8.12. The number of nitrogens with zero attached hydrogens (tertiary/aromatic N) is 3. The van der Waals surface area contributed by atoms with E-state index in [1.54, 1.807) is 12.1 Å². The second-order valence-electron chi connectivity index (χ2n) is 3.09. The second-order valence-corrected chi connectivity index (χ2v) is 3.09. The van der Waals surface area contributed by atoms with Crippen molar-refractivity contribution < 1.29 is 9.53 Å². The maximum absolute atomic E-state index is 11.0. The minimum absolute atomic E-state index is 0.425. The highest BCUT2D eigenvalue weighted by molar-refractivity contribution is 5.77. The number of rotatable bonds is 2. The fourth-order valence-corrected chi connectivity index (χ4v) is 1.36. The van der Waals surface area contributed by atoms with Crippen LogP contribution in [0.2, 0.25) is 0 Å². The van der Waals surface area contributed by atoms with Gasteiger partial charge in [-0.2, -0.15) is 0 Å². The maximum Gasteiger partial charge on any atom is 0.305 e. The van der Waals surface area contributed by atoms with E-state index < -0.39 is 11.7 Å². The first-order chi connectivity index (χ1) is 7.23. The molecule has 0 fully saturated rings. The van der Waals surface area contributed by atoms with Gasteiger partial charge in [0.15, 0.2) is 0 Å². The molecule has 2 rings (SSSR count). The first-order valence-corrected chi connectivity index (χ1v) is 4.44. The van der Waals surface area contributed by atoms with Gasteiger partial charge >= 0.3 is 5.97 Å². The molecule has 1 aromatic carbocycles. The van der Waals surface area contributed by atoms with Gasteiger partial charge in [-0.15, -0.1) is 10.2 Å². The zero-order chi connectivity index (χ0) is 10.7. The first-order valence-electron chi connectivity index (χ1n) is 4.44. The largest absolute Gasteiger partial charge is 0.425 e. The van der Waals surface area contributed by atoms with Crippen LogP contribution < -0.4 is 0 Å². The van der Waals surface area contributed by atoms with E-state index in [9.17, 15) is 4.79 Å². The van der Waals surface area contributed by atoms with Gasteiger partial charge in [-0.05, 0) is 5.22 Å². The van der Waals surface area contributed by atoms with Crippen molar-refractivity contribution in [2.75, 3.05) is 0 Å². The highest BCUT2D eigenvalue weighted by Crippen LogP contribution is 2.29. The summed E-state index contributed by atoms with van der Waals surface area (Å²) in [5.74, 6) is -0.425. The average molecular weight is 203 g/mol. The second kappa shape index (κ2) is 3.61. The van der Waals surface area contributed by atoms with Crippen LogP contribution in [-0.2, 0) is 15.3 Å². The van der Waals surface area contributed by atoms with Crippen molar-refractivity contribution in [3.63, 3.8) is 0 Å². The minimum atomic E-state index is -1.17. The van der Waals surface area contributed by atoms with Crippen molar-refractivity contribution in [1.82, 2.24) is 0 Å². The number of benzene rings is 1. The Morgan fingerprint density at radius 2 is 2.07 bits per heavy atom. The van der Waals surface area contributed by atoms with Gasteiger partial charge in [0.25, 0.3) is 5.72 Å². The summed E-state index contributed by atoms with van der Waals surface area (Å²) in [5, 5.41) is 10.9. The Morgan fingerprint density at radius 3 is 2.60 bits per heavy atom. The Morgan fingerprint density at radius 1 is 1.33 bits per heavy atom. The molecule has 0 saturated carbocycles. The van der Waals surface area contributed by atoms with Gasteiger partial charge < -0.3 is 4.74 Å². The lowest BCUT2D eigenvalue weighted by atomic mass is 10.1. The Bertz CT molecular complexity index is 414. The molecule has 0 saturated heterocycles. The monoisotopic (exact) mass is 203 g/mol. The number of ether oxygens (including phenoxy) is 1. The molecule has 1 aliphatic rings. The van der Waals surface area contributed by atoms with Crippen LogP contribution in [0.25, 0.3) is 0 Å². The van der Waals surface area contributed by atoms with Gasteiger partial charge in [0.2, 0.25) is 0 Å². The van der Waals surface area contributed by atoms with Crippen molar-refractivity contribution in [3.05, 3.63) is 35.9 Å². The fraction of sp³-hybridized carbons (Fsp3) is 0.200. The average Bonchev–Trinajstić information content (AvgIpc) is 2.68. The van der Waals surface area contributed by atoms with E-state index in [0.29, 0.717) is 0 Å². The van der Waals surface area contributed by atoms with Crippen LogP contribution in [-0.4, -0.2) is 12.2 Å². The molecule has 0 bridgehead atoms. The lowest BCUT2D eigenvalue weighted by molar-refractivity contribution is -0.150. The van der Waals surface area contributed by atoms with Crippen LogP contribution in [0.1, 0.15) is 12.5 Å². The smallest absolute Gasteiger partial charge is 0.305 e. The van der Waals surface area contributed by atoms with Gasteiger partial charge in [-0.1, -0.05) is 30.3 Å². The summed E-state index contributed by atoms with van der Waals surface area (Å²) in [4.78, 5) is 11.0. The molecule has 1 unspecified atom stereocenters. The van der Waals surface area contributed by atoms with Crippen molar-refractivity contribution in [3.8, 4) is 0 Å². The van der Waals surface area contributed by atoms with Gasteiger partial charge in [0, 0.05) is 12.5 Å². The Hall–Kier alpha value is -2.04. The van der Waals surface area contributed by atoms with Gasteiger partial charge in [0.1, 0.15) is 6.21 Å². The molecular formula is C10H9N3O2. The van der Waals surface area contributed by atoms with Crippen molar-refractivity contribution >= 4 is 12.2 Å². The van der Waals surface area contributed by atoms with Crippen molar-refractivity contribution in [2.45, 2.75) is 12.6 Å². The summed E-state index contributed by atoms with van der Waals surface area (Å²) >= 11 is 0. The van der Waals surface area contributed by atoms with Crippen LogP contribution in [0.5, 0.6) is 0 Å². The summed E-state index contributed by atoms with van der Waals surface area (Å²) in [5.41, 5.74) is -0.446. The number of carbonyl (C=O) groups is 1. The molecule has 1 aromatic rings. The predicted octanol–water partition coefficient (Wildman–Crippen LogP) is 1.85. The quantitative estimate of drug-likeness (QED) is 0.688. The standard InChI is InChI=1S/C10H9N3O2/c1-8(14)15-10(7-11-13-12-10)9-5-3-2-4-6-9/h2-7H,1H3. The van der Waals surface area contributed by atoms with E-state index in [2.05, 4.69) is 15.4 Å². The van der Waals surface area contributed by atoms with Gasteiger partial charge in [-0.3, -0.25) is 4.79 Å². The molecule has 5 heteroatoms. The third-order valence-electron chi connectivity index (χ3n) is 1.96. The fourth-order valence-electron chi connectivity index (χ4n) is 1.36. The minimum Gasteiger partial charge on any atom is -0.425 e. The van der Waals surface area contributed by atoms with E-state index in [-0.39, 0.29) is 0 Å². The van der Waals surface area contributed by atoms with Crippen LogP contribution in [0.15, 0.2) is 45.8 Å². The molecule has 1 aliphatic heterocycles. The molecule has 1 atom stereocenters. The van der Waals surface area contributed by atoms with Gasteiger partial charge in [-0.25, -0.2) is 0 Å². The molecule has 0 radical (unpaired) electrons. The maximum atomic E-state index is 11.0. The Kier molecular flexibility index (Phi) is 2.29. The molecule has 0 aromatic heterocycles. The number of esters is 1. The highest BCUT2D eigenvalue weighted by atomic mass is 16.6. The van der Waals surface area contributed by atoms with Gasteiger partial charge in [0.05, 0.1) is 0 Å². The number of hydrogen-bond donors (Lipinski definition) is 0. The highest BCUT2D eigenvalue weighted by Gasteiger charge is 2.36. The molecular weight excluding hydrogens is 194 g/mol. The topological polar surface area (TPSA) is 63.4 Å². The third-order valence-corrected chi connectivity index (χ3v) is 1.96. The lowest BCUT2D eigenvalue weighted by Gasteiger charge is -2.20. The first kappa shape index (κ1) is 9.51. The van der Waals surface area contributed by atoms with Crippen LogP contribution in [0, 0.1) is 0 Å². The number of carbonyl (C=O) groups excluding carboxylic acids is 1. The summed E-state index contributed by atoms with van der Waals surface area (Å²) in [6.07, 6.45) is 1.41. The van der Waals surface area contributed by atoms with Crippen LogP contribution in [0.3, 0.4) is 0 Å². The van der Waals surface area contributed by atoms with E-state index in [0.717, 1.165) is 5.56 Å². The van der Waals surface area contributed by atoms with E-state index in [4.69, 9.17) is 4.74 Å². The summed E-state index contributed by atoms with van der Waals surface area (Å²) in [7, 11) is 0. The number of hydrogen-bond acceptors (Lipinski definition) is 5. The predicted molar refractivity (Wildman–Crippen MR) is 53.2 cm³/mol. The third kappa shape index (κ3) is 1.76. The molecule has 15 heavy (non-hydrogen) atoms. The summed E-state index contributed by atoms with van der Waals surface area (Å²) in [6, 6.07) is 9.15. The molecule has 5 nitrogen and oxygen atoms in total. The summed E-state index contributed by atoms with van der Waals surface area (Å²) in [6.45, 7) is 1.33. The van der Waals surface area contributed by atoms with E-state index in [1.165, 1.54) is 13.1 Å². The van der Waals surface area contributed by atoms with Crippen LogP contribution in [0.4, 0.5) is 0 Å². The lowest BCUT2D eigenvalue weighted by Crippen LogP contribution is -2.29. The SMILES string of the molecule is CC(=O)OC1(c2ccccc2)C=NN=N1. The molecule has 0 N–H and O–H groups in total. The zero-order valence-electron chi connectivity index (χ0n) is 8.12. The van der Waals surface area contributed by atoms with Crippen molar-refractivity contribution in [1.29, 1.82) is 0 Å². The summed E-state index contributed by atoms with van der Waals surface area (Å²) < 4.78 is 5.14. The Labute approximate surface area is 86.5 Å². The molecule has 0 aliphatic carbocycles. The molecule has 0 amide bonds. The van der Waals surface area contributed by atoms with E-state index in [1.807, 2.05) is 18.2 Å². The normalized spacial score (nSPS) is 23.0. The Balaban J connectivity index is 2.40.